The number of halogens is 2. The monoisotopic (exact) mass is 196 g/mol. The van der Waals surface area contributed by atoms with Crippen LogP contribution in [0.5, 0.6) is 0 Å². The van der Waals surface area contributed by atoms with Crippen LogP contribution in [0.4, 0.5) is 4.39 Å². The predicted octanol–water partition coefficient (Wildman–Crippen LogP) is 3.16. The van der Waals surface area contributed by atoms with Crippen molar-refractivity contribution in [2.75, 3.05) is 0 Å². The van der Waals surface area contributed by atoms with E-state index in [1.54, 1.807) is 6.07 Å². The lowest BCUT2D eigenvalue weighted by Gasteiger charge is -2.09. The van der Waals surface area contributed by atoms with Crippen molar-refractivity contribution in [3.63, 3.8) is 0 Å². The minimum absolute atomic E-state index is 0.136. The highest BCUT2D eigenvalue weighted by Crippen LogP contribution is 2.49. The molecule has 66 valence electrons. The molecule has 0 amide bonds. The Balaban J connectivity index is 2.33. The van der Waals surface area contributed by atoms with Crippen LogP contribution in [0.1, 0.15) is 23.3 Å². The summed E-state index contributed by atoms with van der Waals surface area (Å²) < 4.78 is 18.8. The first-order valence-corrected chi connectivity index (χ1v) is 4.47. The van der Waals surface area contributed by atoms with Crippen molar-refractivity contribution >= 4 is 11.6 Å². The van der Waals surface area contributed by atoms with Crippen molar-refractivity contribution in [1.29, 1.82) is 0 Å². The van der Waals surface area contributed by atoms with Gasteiger partial charge in [-0.05, 0) is 12.1 Å². The van der Waals surface area contributed by atoms with Gasteiger partial charge in [-0.3, -0.25) is 0 Å². The van der Waals surface area contributed by atoms with Gasteiger partial charge in [-0.25, -0.2) is 4.39 Å². The summed E-state index contributed by atoms with van der Waals surface area (Å²) >= 11 is 5.96. The van der Waals surface area contributed by atoms with E-state index in [4.69, 9.17) is 16.3 Å². The number of rotatable bonds is 0. The smallest absolute Gasteiger partial charge is 0.129 e. The Labute approximate surface area is 79.8 Å². The number of benzene rings is 1. The van der Waals surface area contributed by atoms with Crippen LogP contribution in [-0.4, -0.2) is 0 Å². The summed E-state index contributed by atoms with van der Waals surface area (Å²) in [6.45, 7) is 0. The average Bonchev–Trinajstić information content (AvgIpc) is 2.70. The van der Waals surface area contributed by atoms with E-state index in [1.165, 1.54) is 6.07 Å². The molecule has 0 radical (unpaired) electrons. The molecule has 0 spiro atoms. The van der Waals surface area contributed by atoms with E-state index in [9.17, 15) is 4.39 Å². The molecule has 2 aliphatic heterocycles. The fourth-order valence-electron chi connectivity index (χ4n) is 1.94. The van der Waals surface area contributed by atoms with Crippen LogP contribution in [0, 0.1) is 5.82 Å². The Morgan fingerprint density at radius 2 is 1.85 bits per heavy atom. The highest BCUT2D eigenvalue weighted by molar-refractivity contribution is 6.31. The zero-order valence-corrected chi connectivity index (χ0v) is 7.38. The lowest BCUT2D eigenvalue weighted by Crippen LogP contribution is -1.97. The molecule has 13 heavy (non-hydrogen) atoms. The number of hydrogen-bond donors (Lipinski definition) is 0. The Morgan fingerprint density at radius 3 is 2.54 bits per heavy atom. The third-order valence-electron chi connectivity index (χ3n) is 2.50. The van der Waals surface area contributed by atoms with Gasteiger partial charge >= 0.3 is 0 Å². The maximum atomic E-state index is 13.4. The molecule has 1 aromatic rings. The Hall–Kier alpha value is -0.860. The van der Waals surface area contributed by atoms with Gasteiger partial charge in [0.25, 0.3) is 0 Å². The fourth-order valence-corrected chi connectivity index (χ4v) is 2.21. The van der Waals surface area contributed by atoms with Crippen molar-refractivity contribution < 1.29 is 9.13 Å². The van der Waals surface area contributed by atoms with E-state index >= 15 is 0 Å². The summed E-state index contributed by atoms with van der Waals surface area (Å²) in [5.74, 6) is -0.226. The minimum atomic E-state index is -0.226. The normalized spacial score (nSPS) is 28.2. The summed E-state index contributed by atoms with van der Waals surface area (Å²) in [4.78, 5) is 0. The molecule has 1 aromatic carbocycles. The summed E-state index contributed by atoms with van der Waals surface area (Å²) in [6.07, 6.45) is 3.42. The second-order valence-corrected chi connectivity index (χ2v) is 3.63. The van der Waals surface area contributed by atoms with E-state index in [-0.39, 0.29) is 18.0 Å². The van der Waals surface area contributed by atoms with Gasteiger partial charge < -0.3 is 4.74 Å². The van der Waals surface area contributed by atoms with Crippen LogP contribution in [0.25, 0.3) is 0 Å². The van der Waals surface area contributed by atoms with Gasteiger partial charge in [0.1, 0.15) is 18.0 Å². The number of fused-ring (bicyclic) bond motifs is 5. The van der Waals surface area contributed by atoms with Gasteiger partial charge in [0.2, 0.25) is 0 Å². The molecule has 2 heterocycles. The van der Waals surface area contributed by atoms with Gasteiger partial charge in [-0.15, -0.1) is 0 Å². The average molecular weight is 197 g/mol. The highest BCUT2D eigenvalue weighted by Gasteiger charge is 2.37. The molecule has 0 saturated heterocycles. The second-order valence-electron chi connectivity index (χ2n) is 3.22. The molecule has 0 aromatic heterocycles. The zero-order valence-electron chi connectivity index (χ0n) is 6.63. The van der Waals surface area contributed by atoms with E-state index < -0.39 is 0 Å². The lowest BCUT2D eigenvalue weighted by atomic mass is 9.96. The molecule has 0 N–H and O–H groups in total. The first-order valence-electron chi connectivity index (χ1n) is 4.09. The molecular weight excluding hydrogens is 191 g/mol. The maximum absolute atomic E-state index is 13.4. The van der Waals surface area contributed by atoms with E-state index in [2.05, 4.69) is 0 Å². The van der Waals surface area contributed by atoms with Crippen molar-refractivity contribution in [2.45, 2.75) is 12.2 Å². The summed E-state index contributed by atoms with van der Waals surface area (Å²) in [5, 5.41) is 0.591. The van der Waals surface area contributed by atoms with Gasteiger partial charge in [0.05, 0.1) is 0 Å². The molecule has 0 aliphatic carbocycles. The van der Waals surface area contributed by atoms with Crippen LogP contribution in [-0.2, 0) is 4.74 Å². The van der Waals surface area contributed by atoms with Crippen LogP contribution >= 0.6 is 11.6 Å². The third kappa shape index (κ3) is 0.847. The molecule has 2 aliphatic rings. The van der Waals surface area contributed by atoms with Crippen LogP contribution in [0.3, 0.4) is 0 Å². The summed E-state index contributed by atoms with van der Waals surface area (Å²) in [6, 6.07) is 2.96. The molecule has 2 bridgehead atoms. The standard InChI is InChI=1S/C10H6ClFO/c11-5-1-2-6(12)10-8-4-3-7(13-8)9(5)10/h1-4,7-8H/t7-,8+/m1/s1. The van der Waals surface area contributed by atoms with Crippen LogP contribution in [0.2, 0.25) is 5.02 Å². The van der Waals surface area contributed by atoms with Crippen molar-refractivity contribution in [2.24, 2.45) is 0 Å². The quantitative estimate of drug-likeness (QED) is 0.580. The van der Waals surface area contributed by atoms with Crippen LogP contribution < -0.4 is 0 Å². The number of ether oxygens (including phenoxy) is 1. The maximum Gasteiger partial charge on any atom is 0.129 e. The molecule has 0 saturated carbocycles. The van der Waals surface area contributed by atoms with Gasteiger partial charge in [0, 0.05) is 16.1 Å². The molecule has 1 nitrogen and oxygen atoms in total. The Morgan fingerprint density at radius 1 is 1.15 bits per heavy atom. The van der Waals surface area contributed by atoms with Crippen LogP contribution in [0.15, 0.2) is 24.3 Å². The number of hydrogen-bond acceptors (Lipinski definition) is 1. The molecule has 0 unspecified atom stereocenters. The first kappa shape index (κ1) is 7.54. The van der Waals surface area contributed by atoms with E-state index in [1.807, 2.05) is 12.2 Å². The lowest BCUT2D eigenvalue weighted by molar-refractivity contribution is 0.0867. The van der Waals surface area contributed by atoms with Gasteiger partial charge in [-0.2, -0.15) is 0 Å². The summed E-state index contributed by atoms with van der Waals surface area (Å²) in [7, 11) is 0. The minimum Gasteiger partial charge on any atom is -0.357 e. The van der Waals surface area contributed by atoms with Crippen molar-refractivity contribution in [1.82, 2.24) is 0 Å². The van der Waals surface area contributed by atoms with E-state index in [0.29, 0.717) is 10.6 Å². The molecular formula is C10H6ClFO. The van der Waals surface area contributed by atoms with E-state index in [0.717, 1.165) is 5.56 Å². The fraction of sp³-hybridized carbons (Fsp3) is 0.200. The topological polar surface area (TPSA) is 9.23 Å². The molecule has 2 atom stereocenters. The zero-order chi connectivity index (χ0) is 9.00. The SMILES string of the molecule is Fc1ccc(Cl)c2c1[C@@H]1C=C[C@H]2O1. The third-order valence-corrected chi connectivity index (χ3v) is 2.83. The molecule has 3 heteroatoms. The largest absolute Gasteiger partial charge is 0.357 e. The Bertz CT molecular complexity index is 377. The Kier molecular flexibility index (Phi) is 1.35. The van der Waals surface area contributed by atoms with Crippen molar-refractivity contribution in [3.05, 3.63) is 46.3 Å². The highest BCUT2D eigenvalue weighted by atomic mass is 35.5. The van der Waals surface area contributed by atoms with Gasteiger partial charge in [0.15, 0.2) is 0 Å². The predicted molar refractivity (Wildman–Crippen MR) is 47.1 cm³/mol. The molecule has 0 fully saturated rings. The second kappa shape index (κ2) is 2.34. The summed E-state index contributed by atoms with van der Waals surface area (Å²) in [5.41, 5.74) is 1.41. The first-order chi connectivity index (χ1) is 6.27. The molecule has 3 rings (SSSR count). The van der Waals surface area contributed by atoms with Crippen molar-refractivity contribution in [3.8, 4) is 0 Å². The van der Waals surface area contributed by atoms with Gasteiger partial charge in [-0.1, -0.05) is 23.8 Å².